The molecular formula is C19H25NO3. The highest BCUT2D eigenvalue weighted by molar-refractivity contribution is 5.76. The van der Waals surface area contributed by atoms with E-state index in [-0.39, 0.29) is 11.5 Å². The van der Waals surface area contributed by atoms with Crippen molar-refractivity contribution in [1.82, 2.24) is 4.90 Å². The summed E-state index contributed by atoms with van der Waals surface area (Å²) in [5, 5.41) is 0. The normalized spacial score (nSPS) is 20.2. The molecule has 0 radical (unpaired) electrons. The fourth-order valence-corrected chi connectivity index (χ4v) is 3.33. The van der Waals surface area contributed by atoms with Crippen LogP contribution >= 0.6 is 0 Å². The Morgan fingerprint density at radius 2 is 2.00 bits per heavy atom. The molecule has 0 atom stereocenters. The summed E-state index contributed by atoms with van der Waals surface area (Å²) in [6.45, 7) is 4.95. The van der Waals surface area contributed by atoms with Crippen molar-refractivity contribution in [2.75, 3.05) is 26.3 Å². The molecule has 124 valence electrons. The summed E-state index contributed by atoms with van der Waals surface area (Å²) < 4.78 is 11.6. The zero-order valence-electron chi connectivity index (χ0n) is 13.8. The van der Waals surface area contributed by atoms with E-state index in [1.807, 2.05) is 35.2 Å². The van der Waals surface area contributed by atoms with Gasteiger partial charge in [0.2, 0.25) is 5.91 Å². The van der Waals surface area contributed by atoms with Crippen LogP contribution in [0.4, 0.5) is 0 Å². The average molecular weight is 315 g/mol. The SMILES string of the molecule is CC1=CC2(CCN(C(=O)CCOc3ccccc3)CC2)OCC1. The van der Waals surface area contributed by atoms with Crippen molar-refractivity contribution in [3.8, 4) is 5.75 Å². The Balaban J connectivity index is 1.44. The standard InChI is InChI=1S/C19H25NO3/c1-16-7-14-23-19(15-16)9-11-20(12-10-19)18(21)8-13-22-17-5-3-2-4-6-17/h2-6,15H,7-14H2,1H3. The smallest absolute Gasteiger partial charge is 0.226 e. The highest BCUT2D eigenvalue weighted by Gasteiger charge is 2.36. The van der Waals surface area contributed by atoms with Crippen molar-refractivity contribution >= 4 is 5.91 Å². The molecule has 0 bridgehead atoms. The topological polar surface area (TPSA) is 38.8 Å². The predicted octanol–water partition coefficient (Wildman–Crippen LogP) is 3.18. The number of rotatable bonds is 4. The second-order valence-electron chi connectivity index (χ2n) is 6.45. The molecule has 1 saturated heterocycles. The van der Waals surface area contributed by atoms with Crippen LogP contribution < -0.4 is 4.74 Å². The Morgan fingerprint density at radius 1 is 1.26 bits per heavy atom. The molecule has 2 heterocycles. The van der Waals surface area contributed by atoms with Crippen LogP contribution in [0, 0.1) is 0 Å². The fourth-order valence-electron chi connectivity index (χ4n) is 3.33. The van der Waals surface area contributed by atoms with Crippen LogP contribution in [0.3, 0.4) is 0 Å². The summed E-state index contributed by atoms with van der Waals surface area (Å²) in [5.74, 6) is 0.987. The van der Waals surface area contributed by atoms with Gasteiger partial charge in [0.25, 0.3) is 0 Å². The number of amides is 1. The molecule has 0 saturated carbocycles. The highest BCUT2D eigenvalue weighted by atomic mass is 16.5. The van der Waals surface area contributed by atoms with Gasteiger partial charge in [0, 0.05) is 13.1 Å². The van der Waals surface area contributed by atoms with E-state index in [4.69, 9.17) is 9.47 Å². The Labute approximate surface area is 138 Å². The summed E-state index contributed by atoms with van der Waals surface area (Å²) in [6, 6.07) is 9.63. The molecule has 0 aliphatic carbocycles. The van der Waals surface area contributed by atoms with E-state index in [0.29, 0.717) is 13.0 Å². The van der Waals surface area contributed by atoms with Crippen molar-refractivity contribution in [1.29, 1.82) is 0 Å². The van der Waals surface area contributed by atoms with Gasteiger partial charge in [0.1, 0.15) is 5.75 Å². The van der Waals surface area contributed by atoms with Gasteiger partial charge in [-0.1, -0.05) is 29.8 Å². The van der Waals surface area contributed by atoms with Crippen LogP contribution in [0.25, 0.3) is 0 Å². The molecule has 1 spiro atoms. The maximum atomic E-state index is 12.3. The van der Waals surface area contributed by atoms with Crippen molar-refractivity contribution in [2.24, 2.45) is 0 Å². The van der Waals surface area contributed by atoms with Crippen molar-refractivity contribution < 1.29 is 14.3 Å². The number of piperidine rings is 1. The first-order chi connectivity index (χ1) is 11.2. The van der Waals surface area contributed by atoms with E-state index in [0.717, 1.165) is 44.7 Å². The molecular weight excluding hydrogens is 290 g/mol. The van der Waals surface area contributed by atoms with E-state index in [2.05, 4.69) is 13.0 Å². The maximum Gasteiger partial charge on any atom is 0.226 e. The summed E-state index contributed by atoms with van der Waals surface area (Å²) in [4.78, 5) is 14.3. The van der Waals surface area contributed by atoms with Crippen LogP contribution in [0.15, 0.2) is 42.0 Å². The molecule has 4 nitrogen and oxygen atoms in total. The monoisotopic (exact) mass is 315 g/mol. The van der Waals surface area contributed by atoms with Crippen molar-refractivity contribution in [3.63, 3.8) is 0 Å². The highest BCUT2D eigenvalue weighted by Crippen LogP contribution is 2.33. The van der Waals surface area contributed by atoms with E-state index in [9.17, 15) is 4.79 Å². The van der Waals surface area contributed by atoms with Crippen molar-refractivity contribution in [3.05, 3.63) is 42.0 Å². The molecule has 4 heteroatoms. The number of ether oxygens (including phenoxy) is 2. The van der Waals surface area contributed by atoms with Crippen molar-refractivity contribution in [2.45, 2.75) is 38.2 Å². The minimum absolute atomic E-state index is 0.125. The van der Waals surface area contributed by atoms with Gasteiger partial charge < -0.3 is 14.4 Å². The largest absolute Gasteiger partial charge is 0.493 e. The first-order valence-electron chi connectivity index (χ1n) is 8.45. The first-order valence-corrected chi connectivity index (χ1v) is 8.45. The number of benzene rings is 1. The second kappa shape index (κ2) is 7.18. The molecule has 2 aliphatic heterocycles. The number of hydrogen-bond donors (Lipinski definition) is 0. The minimum Gasteiger partial charge on any atom is -0.493 e. The minimum atomic E-state index is -0.125. The molecule has 0 unspecified atom stereocenters. The lowest BCUT2D eigenvalue weighted by Crippen LogP contribution is -2.48. The lowest BCUT2D eigenvalue weighted by atomic mass is 9.87. The second-order valence-corrected chi connectivity index (χ2v) is 6.45. The molecule has 1 aromatic carbocycles. The Hall–Kier alpha value is -1.81. The number of likely N-dealkylation sites (tertiary alicyclic amines) is 1. The summed E-state index contributed by atoms with van der Waals surface area (Å²) >= 11 is 0. The van der Waals surface area contributed by atoms with Crippen LogP contribution in [-0.2, 0) is 9.53 Å². The predicted molar refractivity (Wildman–Crippen MR) is 89.4 cm³/mol. The molecule has 1 amide bonds. The molecule has 0 N–H and O–H groups in total. The van der Waals surface area contributed by atoms with Crippen LogP contribution in [-0.4, -0.2) is 42.7 Å². The van der Waals surface area contributed by atoms with Gasteiger partial charge in [-0.25, -0.2) is 0 Å². The third kappa shape index (κ3) is 4.14. The van der Waals surface area contributed by atoms with Gasteiger partial charge in [-0.3, -0.25) is 4.79 Å². The van der Waals surface area contributed by atoms with Gasteiger partial charge in [0.05, 0.1) is 25.2 Å². The average Bonchev–Trinajstić information content (AvgIpc) is 2.56. The van der Waals surface area contributed by atoms with Gasteiger partial charge in [0.15, 0.2) is 0 Å². The Bertz CT molecular complexity index is 559. The van der Waals surface area contributed by atoms with Crippen LogP contribution in [0.5, 0.6) is 5.75 Å². The zero-order chi connectivity index (χ0) is 16.1. The molecule has 0 aromatic heterocycles. The maximum absolute atomic E-state index is 12.3. The molecule has 2 aliphatic rings. The number of carbonyl (C=O) groups excluding carboxylic acids is 1. The molecule has 1 aromatic rings. The van der Waals surface area contributed by atoms with Gasteiger partial charge in [-0.05, 0) is 38.3 Å². The lowest BCUT2D eigenvalue weighted by molar-refractivity contribution is -0.136. The zero-order valence-corrected chi connectivity index (χ0v) is 13.8. The first kappa shape index (κ1) is 16.1. The van der Waals surface area contributed by atoms with Crippen LogP contribution in [0.1, 0.15) is 32.6 Å². The summed E-state index contributed by atoms with van der Waals surface area (Å²) in [7, 11) is 0. The molecule has 1 fully saturated rings. The van der Waals surface area contributed by atoms with E-state index >= 15 is 0 Å². The third-order valence-electron chi connectivity index (χ3n) is 4.69. The number of carbonyl (C=O) groups is 1. The molecule has 3 rings (SSSR count). The summed E-state index contributed by atoms with van der Waals surface area (Å²) in [6.07, 6.45) is 5.53. The molecule has 23 heavy (non-hydrogen) atoms. The van der Waals surface area contributed by atoms with E-state index < -0.39 is 0 Å². The van der Waals surface area contributed by atoms with Gasteiger partial charge in [-0.2, -0.15) is 0 Å². The number of para-hydroxylation sites is 1. The van der Waals surface area contributed by atoms with Crippen LogP contribution in [0.2, 0.25) is 0 Å². The third-order valence-corrected chi connectivity index (χ3v) is 4.69. The number of hydrogen-bond acceptors (Lipinski definition) is 3. The lowest BCUT2D eigenvalue weighted by Gasteiger charge is -2.42. The van der Waals surface area contributed by atoms with Gasteiger partial charge in [-0.15, -0.1) is 0 Å². The quantitative estimate of drug-likeness (QED) is 0.801. The summed E-state index contributed by atoms with van der Waals surface area (Å²) in [5.41, 5.74) is 1.28. The Morgan fingerprint density at radius 3 is 2.70 bits per heavy atom. The van der Waals surface area contributed by atoms with E-state index in [1.165, 1.54) is 5.57 Å². The fraction of sp³-hybridized carbons (Fsp3) is 0.526. The van der Waals surface area contributed by atoms with Gasteiger partial charge >= 0.3 is 0 Å². The number of nitrogens with zero attached hydrogens (tertiary/aromatic N) is 1. The van der Waals surface area contributed by atoms with E-state index in [1.54, 1.807) is 0 Å². The Kier molecular flexibility index (Phi) is 5.01.